The number of ether oxygens (including phenoxy) is 3. The summed E-state index contributed by atoms with van der Waals surface area (Å²) in [6.07, 6.45) is -0.532. The molecule has 0 saturated carbocycles. The number of halogens is 1. The Morgan fingerprint density at radius 2 is 1.94 bits per heavy atom. The molecule has 1 unspecified atom stereocenters. The van der Waals surface area contributed by atoms with E-state index < -0.39 is 12.3 Å². The van der Waals surface area contributed by atoms with Gasteiger partial charge in [0.1, 0.15) is 18.1 Å². The van der Waals surface area contributed by atoms with Gasteiger partial charge in [0.25, 0.3) is 0 Å². The predicted molar refractivity (Wildman–Crippen MR) is 118 cm³/mol. The first-order valence-corrected chi connectivity index (χ1v) is 10.7. The topological polar surface area (TPSA) is 77.6 Å². The number of aromatic amines is 1. The van der Waals surface area contributed by atoms with E-state index >= 15 is 0 Å². The van der Waals surface area contributed by atoms with Crippen molar-refractivity contribution in [2.45, 2.75) is 40.3 Å². The molecule has 1 atom stereocenters. The smallest absolute Gasteiger partial charge is 0.355 e. The highest BCUT2D eigenvalue weighted by atomic mass is 79.9. The van der Waals surface area contributed by atoms with Gasteiger partial charge in [-0.15, -0.1) is 0 Å². The van der Waals surface area contributed by atoms with Crippen molar-refractivity contribution >= 4 is 27.7 Å². The molecule has 3 aromatic rings. The largest absolute Gasteiger partial charge is 0.460 e. The molecular weight excluding hydrogens is 462 g/mol. The Bertz CT molecular complexity index is 1150. The lowest BCUT2D eigenvalue weighted by Crippen LogP contribution is -2.19. The average Bonchev–Trinajstić information content (AvgIpc) is 3.06. The second kappa shape index (κ2) is 8.69. The summed E-state index contributed by atoms with van der Waals surface area (Å²) >= 11 is 3.50. The number of fused-ring (bicyclic) bond motifs is 1. The minimum absolute atomic E-state index is 0.0228. The SMILES string of the molecule is CC(=O)c1c(C)[nH]c(C(=O)OCc2cc(Br)cc3c2OC(c2ccccc2)OC3)c1C. The Hall–Kier alpha value is -2.90. The van der Waals surface area contributed by atoms with Crippen LogP contribution in [0.4, 0.5) is 0 Å². The van der Waals surface area contributed by atoms with Crippen LogP contribution in [0.25, 0.3) is 0 Å². The monoisotopic (exact) mass is 483 g/mol. The molecule has 31 heavy (non-hydrogen) atoms. The summed E-state index contributed by atoms with van der Waals surface area (Å²) in [4.78, 5) is 27.5. The molecule has 0 spiro atoms. The number of H-pyrrole nitrogens is 1. The number of esters is 1. The number of carbonyl (C=O) groups is 2. The minimum Gasteiger partial charge on any atom is -0.460 e. The van der Waals surface area contributed by atoms with Crippen LogP contribution >= 0.6 is 15.9 Å². The number of ketones is 1. The van der Waals surface area contributed by atoms with E-state index in [0.717, 1.165) is 21.2 Å². The molecule has 0 amide bonds. The van der Waals surface area contributed by atoms with Gasteiger partial charge in [0, 0.05) is 32.4 Å². The second-order valence-corrected chi connectivity index (χ2v) is 8.40. The summed E-state index contributed by atoms with van der Waals surface area (Å²) in [6.45, 7) is 5.39. The van der Waals surface area contributed by atoms with Crippen molar-refractivity contribution in [1.29, 1.82) is 0 Å². The van der Waals surface area contributed by atoms with Crippen molar-refractivity contribution < 1.29 is 23.8 Å². The van der Waals surface area contributed by atoms with Crippen molar-refractivity contribution in [3.05, 3.63) is 86.1 Å². The average molecular weight is 484 g/mol. The molecule has 0 fully saturated rings. The number of benzene rings is 2. The number of hydrogen-bond donors (Lipinski definition) is 1. The number of carbonyl (C=O) groups excluding carboxylic acids is 2. The van der Waals surface area contributed by atoms with Crippen LogP contribution in [-0.2, 0) is 22.7 Å². The minimum atomic E-state index is -0.532. The van der Waals surface area contributed by atoms with E-state index in [1.165, 1.54) is 6.92 Å². The summed E-state index contributed by atoms with van der Waals surface area (Å²) in [5, 5.41) is 0. The van der Waals surface area contributed by atoms with Gasteiger partial charge in [-0.3, -0.25) is 4.79 Å². The Morgan fingerprint density at radius 1 is 1.19 bits per heavy atom. The fraction of sp³-hybridized carbons (Fsp3) is 0.250. The summed E-state index contributed by atoms with van der Waals surface area (Å²) < 4.78 is 18.4. The van der Waals surface area contributed by atoms with Gasteiger partial charge in [-0.1, -0.05) is 46.3 Å². The summed E-state index contributed by atoms with van der Waals surface area (Å²) in [5.74, 6) is 0.0418. The standard InChI is InChI=1S/C24H22BrNO5/c1-13-20(15(3)27)14(2)26-21(13)23(28)29-11-17-9-19(25)10-18-12-30-24(31-22(17)18)16-7-5-4-6-8-16/h4-10,24,26H,11-12H2,1-3H3. The number of aromatic nitrogens is 1. The fourth-order valence-corrected chi connectivity index (χ4v) is 4.41. The Morgan fingerprint density at radius 3 is 2.61 bits per heavy atom. The third-order valence-electron chi connectivity index (χ3n) is 5.25. The maximum absolute atomic E-state index is 12.7. The first kappa shape index (κ1) is 21.3. The molecule has 160 valence electrons. The first-order chi connectivity index (χ1) is 14.8. The maximum Gasteiger partial charge on any atom is 0.355 e. The van der Waals surface area contributed by atoms with E-state index in [4.69, 9.17) is 14.2 Å². The Balaban J connectivity index is 1.56. The Kier molecular flexibility index (Phi) is 5.98. The molecule has 1 aliphatic rings. The second-order valence-electron chi connectivity index (χ2n) is 7.48. The normalized spacial score (nSPS) is 15.2. The highest BCUT2D eigenvalue weighted by Gasteiger charge is 2.26. The zero-order chi connectivity index (χ0) is 22.1. The zero-order valence-electron chi connectivity index (χ0n) is 17.5. The lowest BCUT2D eigenvalue weighted by molar-refractivity contribution is -0.112. The van der Waals surface area contributed by atoms with E-state index in [2.05, 4.69) is 20.9 Å². The predicted octanol–water partition coefficient (Wildman–Crippen LogP) is 5.56. The van der Waals surface area contributed by atoms with Crippen molar-refractivity contribution in [2.24, 2.45) is 0 Å². The van der Waals surface area contributed by atoms with E-state index in [0.29, 0.717) is 29.2 Å². The van der Waals surface area contributed by atoms with Gasteiger partial charge in [0.05, 0.1) is 6.61 Å². The molecule has 0 saturated heterocycles. The van der Waals surface area contributed by atoms with E-state index in [9.17, 15) is 9.59 Å². The third-order valence-corrected chi connectivity index (χ3v) is 5.70. The quantitative estimate of drug-likeness (QED) is 0.379. The molecular formula is C24H22BrNO5. The molecule has 0 radical (unpaired) electrons. The number of hydrogen-bond acceptors (Lipinski definition) is 5. The molecule has 1 aliphatic heterocycles. The van der Waals surface area contributed by atoms with Gasteiger partial charge >= 0.3 is 5.97 Å². The van der Waals surface area contributed by atoms with Crippen LogP contribution in [0.2, 0.25) is 0 Å². The van der Waals surface area contributed by atoms with Gasteiger partial charge < -0.3 is 19.2 Å². The van der Waals surface area contributed by atoms with Gasteiger partial charge in [-0.25, -0.2) is 4.79 Å². The van der Waals surface area contributed by atoms with Crippen LogP contribution in [-0.4, -0.2) is 16.7 Å². The van der Waals surface area contributed by atoms with Gasteiger partial charge in [-0.05, 0) is 38.5 Å². The van der Waals surface area contributed by atoms with Gasteiger partial charge in [0.2, 0.25) is 6.29 Å². The van der Waals surface area contributed by atoms with Crippen molar-refractivity contribution in [3.8, 4) is 5.75 Å². The van der Waals surface area contributed by atoms with E-state index in [1.807, 2.05) is 42.5 Å². The van der Waals surface area contributed by atoms with Crippen LogP contribution in [0, 0.1) is 13.8 Å². The van der Waals surface area contributed by atoms with Gasteiger partial charge in [-0.2, -0.15) is 0 Å². The van der Waals surface area contributed by atoms with Crippen molar-refractivity contribution in [2.75, 3.05) is 0 Å². The molecule has 1 N–H and O–H groups in total. The number of rotatable bonds is 5. The number of nitrogens with one attached hydrogen (secondary N) is 1. The van der Waals surface area contributed by atoms with Crippen molar-refractivity contribution in [3.63, 3.8) is 0 Å². The molecule has 6 nitrogen and oxygen atoms in total. The van der Waals surface area contributed by atoms with Crippen LogP contribution in [0.5, 0.6) is 5.75 Å². The van der Waals surface area contributed by atoms with E-state index in [-0.39, 0.29) is 18.1 Å². The molecule has 4 rings (SSSR count). The molecule has 0 aliphatic carbocycles. The summed E-state index contributed by atoms with van der Waals surface area (Å²) in [6, 6.07) is 13.5. The maximum atomic E-state index is 12.7. The number of Topliss-reactive ketones (excluding diaryl/α,β-unsaturated/α-hetero) is 1. The lowest BCUT2D eigenvalue weighted by atomic mass is 10.1. The summed E-state index contributed by atoms with van der Waals surface area (Å²) in [7, 11) is 0. The highest BCUT2D eigenvalue weighted by Crippen LogP contribution is 2.38. The summed E-state index contributed by atoms with van der Waals surface area (Å²) in [5.41, 5.74) is 4.58. The van der Waals surface area contributed by atoms with Crippen LogP contribution in [0.1, 0.15) is 62.0 Å². The van der Waals surface area contributed by atoms with Crippen molar-refractivity contribution in [1.82, 2.24) is 4.98 Å². The Labute approximate surface area is 188 Å². The molecule has 1 aromatic heterocycles. The highest BCUT2D eigenvalue weighted by molar-refractivity contribution is 9.10. The number of aryl methyl sites for hydroxylation is 1. The fourth-order valence-electron chi connectivity index (χ4n) is 3.86. The third kappa shape index (κ3) is 4.29. The molecule has 2 aromatic carbocycles. The van der Waals surface area contributed by atoms with Crippen LogP contribution in [0.15, 0.2) is 46.9 Å². The first-order valence-electron chi connectivity index (χ1n) is 9.87. The molecule has 0 bridgehead atoms. The molecule has 7 heteroatoms. The molecule has 2 heterocycles. The van der Waals surface area contributed by atoms with E-state index in [1.54, 1.807) is 13.8 Å². The van der Waals surface area contributed by atoms with Gasteiger partial charge in [0.15, 0.2) is 5.78 Å². The zero-order valence-corrected chi connectivity index (χ0v) is 19.0. The van der Waals surface area contributed by atoms with Crippen LogP contribution in [0.3, 0.4) is 0 Å². The van der Waals surface area contributed by atoms with Crippen LogP contribution < -0.4 is 4.74 Å². The lowest BCUT2D eigenvalue weighted by Gasteiger charge is -2.28.